The molecule has 0 amide bonds. The van der Waals surface area contributed by atoms with Gasteiger partial charge in [0.05, 0.1) is 0 Å². The monoisotopic (exact) mass is 176 g/mol. The van der Waals surface area contributed by atoms with Crippen molar-refractivity contribution in [1.82, 2.24) is 0 Å². The van der Waals surface area contributed by atoms with E-state index in [0.717, 1.165) is 0 Å². The Morgan fingerprint density at radius 1 is 1.40 bits per heavy atom. The van der Waals surface area contributed by atoms with Gasteiger partial charge in [-0.1, -0.05) is 6.92 Å². The van der Waals surface area contributed by atoms with E-state index in [1.807, 2.05) is 0 Å². The molecular formula is C5H8F4S. The van der Waals surface area contributed by atoms with Crippen molar-refractivity contribution in [3.05, 3.63) is 0 Å². The summed E-state index contributed by atoms with van der Waals surface area (Å²) in [5, 5.41) is 0. The van der Waals surface area contributed by atoms with Crippen LogP contribution in [-0.2, 0) is 0 Å². The molecule has 0 fully saturated rings. The Morgan fingerprint density at radius 3 is 2.20 bits per heavy atom. The molecule has 0 bridgehead atoms. The molecular weight excluding hydrogens is 168 g/mol. The Balaban J connectivity index is 3.52. The van der Waals surface area contributed by atoms with E-state index in [2.05, 4.69) is 0 Å². The van der Waals surface area contributed by atoms with Crippen LogP contribution in [0.1, 0.15) is 13.3 Å². The van der Waals surface area contributed by atoms with Gasteiger partial charge in [0.2, 0.25) is 5.50 Å². The molecule has 10 heavy (non-hydrogen) atoms. The molecule has 0 radical (unpaired) electrons. The highest BCUT2D eigenvalue weighted by atomic mass is 32.2. The van der Waals surface area contributed by atoms with Crippen molar-refractivity contribution in [3.8, 4) is 0 Å². The third kappa shape index (κ3) is 3.98. The second-order valence-electron chi connectivity index (χ2n) is 1.73. The number of halogens is 4. The lowest BCUT2D eigenvalue weighted by Gasteiger charge is -2.10. The molecule has 1 unspecified atom stereocenters. The van der Waals surface area contributed by atoms with E-state index >= 15 is 0 Å². The minimum absolute atomic E-state index is 0.209. The zero-order valence-electron chi connectivity index (χ0n) is 5.41. The van der Waals surface area contributed by atoms with Gasteiger partial charge in [-0.2, -0.15) is 13.2 Å². The van der Waals surface area contributed by atoms with Crippen LogP contribution >= 0.6 is 11.8 Å². The number of rotatable bonds is 3. The quantitative estimate of drug-likeness (QED) is 0.595. The molecule has 62 valence electrons. The highest BCUT2D eigenvalue weighted by molar-refractivity contribution is 7.99. The molecule has 0 N–H and O–H groups in total. The van der Waals surface area contributed by atoms with Crippen LogP contribution in [0, 0.1) is 0 Å². The first-order valence-corrected chi connectivity index (χ1v) is 3.85. The van der Waals surface area contributed by atoms with Gasteiger partial charge in [0.1, 0.15) is 0 Å². The molecule has 0 rings (SSSR count). The maximum Gasteiger partial charge on any atom is 0.429 e. The molecule has 0 aromatic heterocycles. The van der Waals surface area contributed by atoms with Crippen LogP contribution in [0.4, 0.5) is 17.6 Å². The van der Waals surface area contributed by atoms with Gasteiger partial charge in [-0.15, -0.1) is 11.8 Å². The van der Waals surface area contributed by atoms with Crippen molar-refractivity contribution in [1.29, 1.82) is 0 Å². The molecule has 0 heterocycles. The van der Waals surface area contributed by atoms with Crippen LogP contribution in [0.15, 0.2) is 0 Å². The van der Waals surface area contributed by atoms with Gasteiger partial charge in [-0.05, 0) is 12.2 Å². The van der Waals surface area contributed by atoms with Gasteiger partial charge in [0.25, 0.3) is 0 Å². The Morgan fingerprint density at radius 2 is 1.90 bits per heavy atom. The molecule has 0 aromatic rings. The molecule has 0 aromatic carbocycles. The molecule has 0 saturated heterocycles. The van der Waals surface area contributed by atoms with E-state index in [0.29, 0.717) is 18.2 Å². The maximum atomic E-state index is 11.9. The van der Waals surface area contributed by atoms with Crippen LogP contribution in [0.3, 0.4) is 0 Å². The molecule has 0 nitrogen and oxygen atoms in total. The van der Waals surface area contributed by atoms with E-state index < -0.39 is 11.7 Å². The summed E-state index contributed by atoms with van der Waals surface area (Å²) in [6.07, 6.45) is -4.14. The lowest BCUT2D eigenvalue weighted by molar-refractivity contribution is -0.153. The van der Waals surface area contributed by atoms with Gasteiger partial charge in [0.15, 0.2) is 0 Å². The van der Waals surface area contributed by atoms with Gasteiger partial charge >= 0.3 is 6.18 Å². The number of alkyl halides is 4. The van der Waals surface area contributed by atoms with E-state index in [1.54, 1.807) is 6.92 Å². The average molecular weight is 176 g/mol. The first kappa shape index (κ1) is 10.1. The third-order valence-corrected chi connectivity index (χ3v) is 1.93. The minimum Gasteiger partial charge on any atom is -0.225 e. The number of hydrogen-bond donors (Lipinski definition) is 0. The van der Waals surface area contributed by atoms with Crippen LogP contribution in [0.2, 0.25) is 0 Å². The van der Waals surface area contributed by atoms with Crippen LogP contribution < -0.4 is 0 Å². The van der Waals surface area contributed by atoms with Gasteiger partial charge in [-0.3, -0.25) is 0 Å². The highest BCUT2D eigenvalue weighted by Gasteiger charge is 2.40. The molecule has 5 heteroatoms. The Kier molecular flexibility index (Phi) is 4.08. The second-order valence-corrected chi connectivity index (χ2v) is 2.88. The van der Waals surface area contributed by atoms with E-state index in [4.69, 9.17) is 0 Å². The predicted octanol–water partition coefficient (Wildman–Crippen LogP) is 2.99. The van der Waals surface area contributed by atoms with E-state index in [9.17, 15) is 17.6 Å². The largest absolute Gasteiger partial charge is 0.429 e. The molecule has 0 aliphatic heterocycles. The smallest absolute Gasteiger partial charge is 0.225 e. The summed E-state index contributed by atoms with van der Waals surface area (Å²) in [6, 6.07) is 0. The van der Waals surface area contributed by atoms with Crippen molar-refractivity contribution in [3.63, 3.8) is 0 Å². The molecule has 0 aliphatic carbocycles. The van der Waals surface area contributed by atoms with Crippen LogP contribution in [0.5, 0.6) is 0 Å². The van der Waals surface area contributed by atoms with Crippen molar-refractivity contribution in [2.75, 3.05) is 5.75 Å². The SMILES string of the molecule is CCCSC(F)C(F)(F)F. The summed E-state index contributed by atoms with van der Waals surface area (Å²) >= 11 is 0.292. The average Bonchev–Trinajstić information content (AvgIpc) is 1.80. The Labute approximate surface area is 61.0 Å². The zero-order chi connectivity index (χ0) is 8.20. The number of thioether (sulfide) groups is 1. The fraction of sp³-hybridized carbons (Fsp3) is 1.00. The summed E-state index contributed by atoms with van der Waals surface area (Å²) in [4.78, 5) is 0. The maximum absolute atomic E-state index is 11.9. The third-order valence-electron chi connectivity index (χ3n) is 0.726. The second kappa shape index (κ2) is 4.05. The molecule has 0 aliphatic rings. The molecule has 1 atom stereocenters. The fourth-order valence-electron chi connectivity index (χ4n) is 0.316. The van der Waals surface area contributed by atoms with Crippen LogP contribution in [-0.4, -0.2) is 17.4 Å². The van der Waals surface area contributed by atoms with Crippen LogP contribution in [0.25, 0.3) is 0 Å². The van der Waals surface area contributed by atoms with Gasteiger partial charge < -0.3 is 0 Å². The van der Waals surface area contributed by atoms with E-state index in [-0.39, 0.29) is 5.75 Å². The summed E-state index contributed by atoms with van der Waals surface area (Å²) in [5.74, 6) is 0.209. The van der Waals surface area contributed by atoms with E-state index in [1.165, 1.54) is 0 Å². The van der Waals surface area contributed by atoms with Gasteiger partial charge in [-0.25, -0.2) is 4.39 Å². The first-order chi connectivity index (χ1) is 4.48. The van der Waals surface area contributed by atoms with Crippen molar-refractivity contribution in [2.24, 2.45) is 0 Å². The normalized spacial score (nSPS) is 15.3. The van der Waals surface area contributed by atoms with Gasteiger partial charge in [0, 0.05) is 0 Å². The number of hydrogen-bond acceptors (Lipinski definition) is 1. The standard InChI is InChI=1S/C5H8F4S/c1-2-3-10-4(6)5(7,8)9/h4H,2-3H2,1H3. The highest BCUT2D eigenvalue weighted by Crippen LogP contribution is 2.31. The van der Waals surface area contributed by atoms with Crippen molar-refractivity contribution < 1.29 is 17.6 Å². The summed E-state index contributed by atoms with van der Waals surface area (Å²) < 4.78 is 46.1. The Hall–Kier alpha value is 0.0700. The minimum atomic E-state index is -4.69. The van der Waals surface area contributed by atoms with Crippen molar-refractivity contribution in [2.45, 2.75) is 25.0 Å². The van der Waals surface area contributed by atoms with Crippen molar-refractivity contribution >= 4 is 11.8 Å². The zero-order valence-corrected chi connectivity index (χ0v) is 6.23. The molecule has 0 saturated carbocycles. The lowest BCUT2D eigenvalue weighted by Crippen LogP contribution is -2.21. The fourth-order valence-corrected chi connectivity index (χ4v) is 0.947. The summed E-state index contributed by atoms with van der Waals surface area (Å²) in [5.41, 5.74) is -2.72. The summed E-state index contributed by atoms with van der Waals surface area (Å²) in [6.45, 7) is 1.70. The topological polar surface area (TPSA) is 0 Å². The predicted molar refractivity (Wildman–Crippen MR) is 33.7 cm³/mol. The Bertz CT molecular complexity index is 90.1. The molecule has 0 spiro atoms. The summed E-state index contributed by atoms with van der Waals surface area (Å²) in [7, 11) is 0. The lowest BCUT2D eigenvalue weighted by atomic mass is 10.6. The first-order valence-electron chi connectivity index (χ1n) is 2.81.